The number of hydrogen-bond donors (Lipinski definition) is 2. The maximum atomic E-state index is 14.4. The van der Waals surface area contributed by atoms with E-state index in [1.165, 1.54) is 17.7 Å². The number of esters is 1. The Morgan fingerprint density at radius 1 is 0.906 bits per heavy atom. The maximum absolute atomic E-state index is 14.4. The molecule has 5 aliphatic rings. The van der Waals surface area contributed by atoms with Gasteiger partial charge in [0.05, 0.1) is 12.8 Å². The predicted octanol–water partition coefficient (Wildman–Crippen LogP) is 10.4. The minimum absolute atomic E-state index is 0.0210. The first-order chi connectivity index (χ1) is 24.6. The van der Waals surface area contributed by atoms with Crippen molar-refractivity contribution < 1.29 is 33.0 Å². The molecule has 1 aromatic carbocycles. The van der Waals surface area contributed by atoms with Crippen LogP contribution in [-0.2, 0) is 25.7 Å². The lowest BCUT2D eigenvalue weighted by atomic mass is 9.32. The molecule has 0 unspecified atom stereocenters. The number of carboxylic acids is 1. The van der Waals surface area contributed by atoms with Gasteiger partial charge in [-0.15, -0.1) is 0 Å². The monoisotopic (exact) mass is 737 g/mol. The van der Waals surface area contributed by atoms with Gasteiger partial charge in [0.2, 0.25) is 5.91 Å². The van der Waals surface area contributed by atoms with Gasteiger partial charge in [-0.2, -0.15) is 0 Å². The van der Waals surface area contributed by atoms with Crippen molar-refractivity contribution in [3.63, 3.8) is 0 Å². The van der Waals surface area contributed by atoms with Crippen LogP contribution in [0.4, 0.5) is 8.78 Å². The van der Waals surface area contributed by atoms with Crippen molar-refractivity contribution in [2.45, 2.75) is 152 Å². The second-order valence-corrected chi connectivity index (χ2v) is 20.5. The van der Waals surface area contributed by atoms with Gasteiger partial charge in [0.1, 0.15) is 6.10 Å². The highest BCUT2D eigenvalue weighted by Crippen LogP contribution is 2.78. The molecule has 53 heavy (non-hydrogen) atoms. The predicted molar refractivity (Wildman–Crippen MR) is 202 cm³/mol. The number of rotatable bonds is 10. The molecule has 0 radical (unpaired) electrons. The van der Waals surface area contributed by atoms with Gasteiger partial charge < -0.3 is 15.2 Å². The van der Waals surface area contributed by atoms with Crippen molar-refractivity contribution >= 4 is 17.8 Å². The zero-order valence-corrected chi connectivity index (χ0v) is 33.6. The molecule has 8 heteroatoms. The van der Waals surface area contributed by atoms with Crippen LogP contribution in [0.3, 0.4) is 0 Å². The number of aliphatic carboxylic acids is 1. The van der Waals surface area contributed by atoms with Crippen molar-refractivity contribution in [1.29, 1.82) is 0 Å². The average Bonchev–Trinajstić information content (AvgIpc) is 3.42. The summed E-state index contributed by atoms with van der Waals surface area (Å²) >= 11 is 0. The van der Waals surface area contributed by atoms with Gasteiger partial charge in [-0.25, -0.2) is 8.78 Å². The summed E-state index contributed by atoms with van der Waals surface area (Å²) in [6.07, 6.45) is 10.6. The summed E-state index contributed by atoms with van der Waals surface area (Å²) in [5.41, 5.74) is 0.689. The highest BCUT2D eigenvalue weighted by molar-refractivity contribution is 5.77. The lowest BCUT2D eigenvalue weighted by molar-refractivity contribution is -0.250. The molecule has 5 saturated carbocycles. The molecule has 5 aliphatic carbocycles. The molecule has 1 aromatic rings. The second kappa shape index (κ2) is 13.8. The zero-order valence-electron chi connectivity index (χ0n) is 33.6. The smallest absolute Gasteiger partial charge is 0.306 e. The van der Waals surface area contributed by atoms with Crippen LogP contribution < -0.4 is 5.32 Å². The highest BCUT2D eigenvalue weighted by Gasteiger charge is 2.71. The zero-order chi connectivity index (χ0) is 38.9. The number of fused-ring (bicyclic) bond motifs is 7. The SMILES string of the molecule is C=C(C)[C@@H]1CC[C@]2(CC(=O)NCc3cccc(F)c3F)CC[C@]3(C)[C@H](CC[C@@H]4[C@@]5(C)CC[C@H](OC(=O)CC(C)(C)CC(=O)O)C(C)(C)[C@@H]5CC[C@]43C)[C@@H]12. The molecule has 0 bridgehead atoms. The summed E-state index contributed by atoms with van der Waals surface area (Å²) in [6, 6.07) is 4.10. The fourth-order valence-electron chi connectivity index (χ4n) is 14.1. The Kier molecular flexibility index (Phi) is 10.4. The van der Waals surface area contributed by atoms with E-state index >= 15 is 0 Å². The lowest BCUT2D eigenvalue weighted by Gasteiger charge is -2.73. The number of amides is 1. The number of halogens is 2. The Labute approximate surface area is 316 Å². The summed E-state index contributed by atoms with van der Waals surface area (Å²) in [6.45, 7) is 22.6. The first-order valence-corrected chi connectivity index (χ1v) is 20.4. The van der Waals surface area contributed by atoms with E-state index in [9.17, 15) is 28.3 Å². The first kappa shape index (κ1) is 39.9. The van der Waals surface area contributed by atoms with Gasteiger partial charge in [-0.3, -0.25) is 14.4 Å². The molecule has 2 N–H and O–H groups in total. The van der Waals surface area contributed by atoms with Crippen LogP contribution >= 0.6 is 0 Å². The van der Waals surface area contributed by atoms with E-state index < -0.39 is 23.0 Å². The summed E-state index contributed by atoms with van der Waals surface area (Å²) in [4.78, 5) is 38.3. The van der Waals surface area contributed by atoms with Crippen LogP contribution in [0, 0.1) is 73.7 Å². The molecule has 0 spiro atoms. The van der Waals surface area contributed by atoms with Crippen molar-refractivity contribution in [1.82, 2.24) is 5.32 Å². The van der Waals surface area contributed by atoms with Crippen molar-refractivity contribution in [3.05, 3.63) is 47.5 Å². The molecule has 5 fully saturated rings. The second-order valence-electron chi connectivity index (χ2n) is 20.5. The molecule has 10 atom stereocenters. The van der Waals surface area contributed by atoms with Crippen LogP contribution in [-0.4, -0.2) is 29.1 Å². The quantitative estimate of drug-likeness (QED) is 0.184. The Balaban J connectivity index is 1.21. The van der Waals surface area contributed by atoms with E-state index in [1.807, 2.05) is 13.8 Å². The molecular formula is C45H65F2NO5. The third kappa shape index (κ3) is 6.68. The number of benzene rings is 1. The van der Waals surface area contributed by atoms with E-state index in [2.05, 4.69) is 53.4 Å². The standard InChI is InChI=1S/C45H65F2NO5/c1-27(2)29-15-20-45(23-35(49)48-26-28-11-10-12-31(46)39(28)47)22-21-43(8)30(38(29)45)13-14-33-42(7)18-17-34(41(5,6)32(42)16-19-44(33,43)9)53-37(52)25-40(3,4)24-36(50)51/h10-12,29-30,32-34,38H,1,13-26H2,2-9H3,(H,48,49)(H,50,51)/t29-,30+,32-,33+,34-,38+,42-,43+,44+,45+/m0/s1. The third-order valence-corrected chi connectivity index (χ3v) is 16.7. The number of carbonyl (C=O) groups is 3. The summed E-state index contributed by atoms with van der Waals surface area (Å²) in [5, 5.41) is 12.3. The number of carbonyl (C=O) groups excluding carboxylic acids is 2. The van der Waals surface area contributed by atoms with Crippen LogP contribution in [0.25, 0.3) is 0 Å². The molecule has 1 amide bonds. The van der Waals surface area contributed by atoms with E-state index in [4.69, 9.17) is 4.74 Å². The van der Waals surface area contributed by atoms with E-state index in [-0.39, 0.29) is 70.0 Å². The number of carboxylic acid groups (broad SMARTS) is 1. The molecule has 6 rings (SSSR count). The van der Waals surface area contributed by atoms with E-state index in [0.29, 0.717) is 36.0 Å². The van der Waals surface area contributed by atoms with E-state index in [0.717, 1.165) is 70.3 Å². The topological polar surface area (TPSA) is 92.7 Å². The summed E-state index contributed by atoms with van der Waals surface area (Å²) < 4.78 is 34.6. The van der Waals surface area contributed by atoms with E-state index in [1.54, 1.807) is 0 Å². The van der Waals surface area contributed by atoms with Crippen LogP contribution in [0.2, 0.25) is 0 Å². The number of allylic oxidation sites excluding steroid dienone is 1. The van der Waals surface area contributed by atoms with Crippen molar-refractivity contribution in [2.75, 3.05) is 0 Å². The summed E-state index contributed by atoms with van der Waals surface area (Å²) in [7, 11) is 0. The molecule has 0 saturated heterocycles. The fourth-order valence-corrected chi connectivity index (χ4v) is 14.1. The van der Waals surface area contributed by atoms with Gasteiger partial charge in [0.15, 0.2) is 11.6 Å². The Hall–Kier alpha value is -2.77. The Morgan fingerprint density at radius 2 is 1.62 bits per heavy atom. The lowest BCUT2D eigenvalue weighted by Crippen LogP contribution is -2.67. The molecule has 0 heterocycles. The molecule has 0 aliphatic heterocycles. The minimum Gasteiger partial charge on any atom is -0.481 e. The Bertz CT molecular complexity index is 1640. The molecule has 294 valence electrons. The maximum Gasteiger partial charge on any atom is 0.306 e. The fraction of sp³-hybridized carbons (Fsp3) is 0.756. The highest BCUT2D eigenvalue weighted by atomic mass is 19.2. The van der Waals surface area contributed by atoms with Gasteiger partial charge >= 0.3 is 11.9 Å². The van der Waals surface area contributed by atoms with Gasteiger partial charge in [0.25, 0.3) is 0 Å². The van der Waals surface area contributed by atoms with Gasteiger partial charge in [-0.05, 0) is 134 Å². The molecule has 6 nitrogen and oxygen atoms in total. The number of ether oxygens (including phenoxy) is 1. The molecular weight excluding hydrogens is 672 g/mol. The third-order valence-electron chi connectivity index (χ3n) is 16.7. The largest absolute Gasteiger partial charge is 0.481 e. The minimum atomic E-state index is -0.905. The normalized spacial score (nSPS) is 38.8. The first-order valence-electron chi connectivity index (χ1n) is 20.4. The summed E-state index contributed by atoms with van der Waals surface area (Å²) in [5.74, 6) is -0.962. The Morgan fingerprint density at radius 3 is 2.30 bits per heavy atom. The van der Waals surface area contributed by atoms with Gasteiger partial charge in [-0.1, -0.05) is 72.8 Å². The molecule has 0 aromatic heterocycles. The van der Waals surface area contributed by atoms with Crippen molar-refractivity contribution in [3.8, 4) is 0 Å². The van der Waals surface area contributed by atoms with Crippen LogP contribution in [0.15, 0.2) is 30.4 Å². The van der Waals surface area contributed by atoms with Crippen molar-refractivity contribution in [2.24, 2.45) is 62.1 Å². The van der Waals surface area contributed by atoms with Crippen LogP contribution in [0.1, 0.15) is 144 Å². The number of nitrogens with one attached hydrogen (secondary N) is 1. The van der Waals surface area contributed by atoms with Gasteiger partial charge in [0, 0.05) is 23.9 Å². The average molecular weight is 738 g/mol. The van der Waals surface area contributed by atoms with Crippen LogP contribution in [0.5, 0.6) is 0 Å². The number of hydrogen-bond acceptors (Lipinski definition) is 4.